The Morgan fingerprint density at radius 1 is 1.50 bits per heavy atom. The van der Waals surface area contributed by atoms with Gasteiger partial charge in [-0.3, -0.25) is 0 Å². The lowest BCUT2D eigenvalue weighted by molar-refractivity contribution is 0.213. The molecule has 1 heterocycles. The summed E-state index contributed by atoms with van der Waals surface area (Å²) in [6.45, 7) is 4.29. The summed E-state index contributed by atoms with van der Waals surface area (Å²) in [7, 11) is -3.15. The van der Waals surface area contributed by atoms with Gasteiger partial charge in [0.25, 0.3) is 0 Å². The van der Waals surface area contributed by atoms with Crippen LogP contribution in [0.2, 0.25) is 0 Å². The van der Waals surface area contributed by atoms with Gasteiger partial charge in [-0.2, -0.15) is 4.31 Å². The molecular formula is C9H19NO3S. The molecular weight excluding hydrogens is 202 g/mol. The van der Waals surface area contributed by atoms with Crippen LogP contribution in [0.3, 0.4) is 0 Å². The Hall–Kier alpha value is -0.130. The molecule has 1 N–H and O–H groups in total. The van der Waals surface area contributed by atoms with E-state index in [0.29, 0.717) is 6.54 Å². The van der Waals surface area contributed by atoms with Crippen LogP contribution in [0.25, 0.3) is 0 Å². The molecule has 84 valence electrons. The van der Waals surface area contributed by atoms with Gasteiger partial charge in [0, 0.05) is 12.6 Å². The van der Waals surface area contributed by atoms with Crippen LogP contribution in [0, 0.1) is 5.92 Å². The Bertz CT molecular complexity index is 274. The number of sulfonamides is 1. The first-order valence-corrected chi connectivity index (χ1v) is 6.68. The van der Waals surface area contributed by atoms with E-state index < -0.39 is 10.0 Å². The third-order valence-electron chi connectivity index (χ3n) is 2.44. The molecule has 0 bridgehead atoms. The fourth-order valence-corrected chi connectivity index (χ4v) is 3.94. The van der Waals surface area contributed by atoms with Gasteiger partial charge in [-0.05, 0) is 18.8 Å². The van der Waals surface area contributed by atoms with E-state index in [1.165, 1.54) is 4.31 Å². The number of aliphatic hydroxyl groups is 1. The monoisotopic (exact) mass is 221 g/mol. The molecule has 4 nitrogen and oxygen atoms in total. The highest BCUT2D eigenvalue weighted by Gasteiger charge is 2.33. The van der Waals surface area contributed by atoms with Gasteiger partial charge in [0.1, 0.15) is 0 Å². The van der Waals surface area contributed by atoms with Gasteiger partial charge in [-0.15, -0.1) is 0 Å². The summed E-state index contributed by atoms with van der Waals surface area (Å²) in [5.74, 6) is 0.323. The fraction of sp³-hybridized carbons (Fsp3) is 1.00. The maximum absolute atomic E-state index is 11.8. The number of nitrogens with zero attached hydrogens (tertiary/aromatic N) is 1. The molecule has 0 aromatic carbocycles. The molecule has 5 heteroatoms. The molecule has 0 aromatic rings. The van der Waals surface area contributed by atoms with Crippen molar-refractivity contribution in [3.05, 3.63) is 0 Å². The average molecular weight is 221 g/mol. The van der Waals surface area contributed by atoms with Gasteiger partial charge in [-0.25, -0.2) is 8.42 Å². The van der Waals surface area contributed by atoms with Crippen LogP contribution in [-0.4, -0.2) is 42.8 Å². The number of aliphatic hydroxyl groups excluding tert-OH is 1. The third kappa shape index (κ3) is 2.68. The third-order valence-corrected chi connectivity index (χ3v) is 4.72. The highest BCUT2D eigenvalue weighted by atomic mass is 32.2. The van der Waals surface area contributed by atoms with Crippen LogP contribution in [0.4, 0.5) is 0 Å². The SMILES string of the molecule is CC(C)CS(=O)(=O)N1CCC[C@H]1CO. The van der Waals surface area contributed by atoms with Crippen LogP contribution < -0.4 is 0 Å². The number of rotatable bonds is 4. The van der Waals surface area contributed by atoms with Gasteiger partial charge in [0.05, 0.1) is 12.4 Å². The van der Waals surface area contributed by atoms with E-state index in [-0.39, 0.29) is 24.3 Å². The maximum atomic E-state index is 11.8. The summed E-state index contributed by atoms with van der Waals surface area (Å²) < 4.78 is 25.1. The van der Waals surface area contributed by atoms with E-state index >= 15 is 0 Å². The molecule has 1 rings (SSSR count). The summed E-state index contributed by atoms with van der Waals surface area (Å²) in [5.41, 5.74) is 0. The zero-order chi connectivity index (χ0) is 10.8. The minimum atomic E-state index is -3.15. The minimum absolute atomic E-state index is 0.0582. The van der Waals surface area contributed by atoms with Crippen molar-refractivity contribution in [3.63, 3.8) is 0 Å². The topological polar surface area (TPSA) is 57.6 Å². The number of hydrogen-bond donors (Lipinski definition) is 1. The van der Waals surface area contributed by atoms with E-state index in [2.05, 4.69) is 0 Å². The Labute approximate surface area is 86.0 Å². The molecule has 0 unspecified atom stereocenters. The summed E-state index contributed by atoms with van der Waals surface area (Å²) in [4.78, 5) is 0. The van der Waals surface area contributed by atoms with Gasteiger partial charge in [0.2, 0.25) is 10.0 Å². The van der Waals surface area contributed by atoms with Crippen molar-refractivity contribution in [1.29, 1.82) is 0 Å². The van der Waals surface area contributed by atoms with Gasteiger partial charge >= 0.3 is 0 Å². The van der Waals surface area contributed by atoms with Gasteiger partial charge in [-0.1, -0.05) is 13.8 Å². The quantitative estimate of drug-likeness (QED) is 0.749. The molecule has 1 aliphatic heterocycles. The molecule has 1 fully saturated rings. The van der Waals surface area contributed by atoms with Gasteiger partial charge < -0.3 is 5.11 Å². The highest BCUT2D eigenvalue weighted by molar-refractivity contribution is 7.89. The predicted molar refractivity (Wildman–Crippen MR) is 55.4 cm³/mol. The smallest absolute Gasteiger partial charge is 0.214 e. The van der Waals surface area contributed by atoms with Crippen molar-refractivity contribution in [3.8, 4) is 0 Å². The van der Waals surface area contributed by atoms with E-state index in [1.807, 2.05) is 13.8 Å². The Balaban J connectivity index is 2.71. The van der Waals surface area contributed by atoms with Crippen molar-refractivity contribution >= 4 is 10.0 Å². The molecule has 0 aromatic heterocycles. The summed E-state index contributed by atoms with van der Waals surface area (Å²) >= 11 is 0. The summed E-state index contributed by atoms with van der Waals surface area (Å²) in [6.07, 6.45) is 1.65. The lowest BCUT2D eigenvalue weighted by atomic mass is 10.2. The molecule has 0 spiro atoms. The van der Waals surface area contributed by atoms with Crippen molar-refractivity contribution in [2.45, 2.75) is 32.7 Å². The van der Waals surface area contributed by atoms with E-state index in [4.69, 9.17) is 5.11 Å². The van der Waals surface area contributed by atoms with E-state index in [9.17, 15) is 8.42 Å². The molecule has 14 heavy (non-hydrogen) atoms. The lowest BCUT2D eigenvalue weighted by Gasteiger charge is -2.23. The second-order valence-electron chi connectivity index (χ2n) is 4.26. The van der Waals surface area contributed by atoms with Gasteiger partial charge in [0.15, 0.2) is 0 Å². The van der Waals surface area contributed by atoms with Crippen LogP contribution >= 0.6 is 0 Å². The highest BCUT2D eigenvalue weighted by Crippen LogP contribution is 2.21. The van der Waals surface area contributed by atoms with Crippen molar-refractivity contribution in [2.24, 2.45) is 5.92 Å². The average Bonchev–Trinajstić information content (AvgIpc) is 2.48. The fourth-order valence-electron chi connectivity index (χ4n) is 1.87. The minimum Gasteiger partial charge on any atom is -0.395 e. The maximum Gasteiger partial charge on any atom is 0.214 e. The van der Waals surface area contributed by atoms with Crippen molar-refractivity contribution in [1.82, 2.24) is 4.31 Å². The van der Waals surface area contributed by atoms with Crippen LogP contribution in [0.5, 0.6) is 0 Å². The van der Waals surface area contributed by atoms with Crippen LogP contribution in [0.1, 0.15) is 26.7 Å². The normalized spacial score (nSPS) is 24.7. The molecule has 0 aliphatic carbocycles. The Morgan fingerprint density at radius 3 is 2.64 bits per heavy atom. The number of hydrogen-bond acceptors (Lipinski definition) is 3. The molecule has 0 amide bonds. The second-order valence-corrected chi connectivity index (χ2v) is 6.23. The Morgan fingerprint density at radius 2 is 2.14 bits per heavy atom. The first-order valence-electron chi connectivity index (χ1n) is 5.07. The van der Waals surface area contributed by atoms with Crippen LogP contribution in [0.15, 0.2) is 0 Å². The van der Waals surface area contributed by atoms with Crippen LogP contribution in [-0.2, 0) is 10.0 Å². The predicted octanol–water partition coefficient (Wildman–Crippen LogP) is 0.429. The lowest BCUT2D eigenvalue weighted by Crippen LogP contribution is -2.39. The summed E-state index contributed by atoms with van der Waals surface area (Å²) in [5, 5.41) is 9.03. The largest absolute Gasteiger partial charge is 0.395 e. The molecule has 1 saturated heterocycles. The Kier molecular flexibility index (Phi) is 3.92. The summed E-state index contributed by atoms with van der Waals surface area (Å²) in [6, 6.07) is -0.182. The zero-order valence-corrected chi connectivity index (χ0v) is 9.63. The van der Waals surface area contributed by atoms with E-state index in [0.717, 1.165) is 12.8 Å². The van der Waals surface area contributed by atoms with E-state index in [1.54, 1.807) is 0 Å². The standard InChI is InChI=1S/C9H19NO3S/c1-8(2)7-14(12,13)10-5-3-4-9(10)6-11/h8-9,11H,3-7H2,1-2H3/t9-/m0/s1. The molecule has 0 saturated carbocycles. The first-order chi connectivity index (χ1) is 6.47. The molecule has 1 atom stereocenters. The molecule has 0 radical (unpaired) electrons. The zero-order valence-electron chi connectivity index (χ0n) is 8.81. The van der Waals surface area contributed by atoms with Crippen molar-refractivity contribution in [2.75, 3.05) is 18.9 Å². The molecule has 1 aliphatic rings. The first kappa shape index (κ1) is 11.9. The van der Waals surface area contributed by atoms with Crippen molar-refractivity contribution < 1.29 is 13.5 Å². The second kappa shape index (κ2) is 4.59.